The number of halogens is 2. The fourth-order valence-electron chi connectivity index (χ4n) is 1.72. The molecule has 0 fully saturated rings. The summed E-state index contributed by atoms with van der Waals surface area (Å²) in [5.41, 5.74) is 6.78. The van der Waals surface area contributed by atoms with Crippen molar-refractivity contribution in [3.05, 3.63) is 59.1 Å². The zero-order chi connectivity index (χ0) is 13.8. The lowest BCUT2D eigenvalue weighted by Gasteiger charge is -2.22. The van der Waals surface area contributed by atoms with E-state index < -0.39 is 5.82 Å². The third-order valence-electron chi connectivity index (χ3n) is 2.64. The molecular weight excluding hydrogens is 267 g/mol. The number of hydrogen-bond donors (Lipinski definition) is 1. The molecule has 2 unspecified atom stereocenters. The third-order valence-corrected chi connectivity index (χ3v) is 2.93. The summed E-state index contributed by atoms with van der Waals surface area (Å²) in [6.07, 6.45) is 3.01. The number of pyridine rings is 1. The summed E-state index contributed by atoms with van der Waals surface area (Å²) in [5.74, 6) is -0.00899. The molecule has 2 atom stereocenters. The van der Waals surface area contributed by atoms with Gasteiger partial charge in [-0.1, -0.05) is 17.7 Å². The summed E-state index contributed by atoms with van der Waals surface area (Å²) < 4.78 is 18.9. The average Bonchev–Trinajstić information content (AvgIpc) is 2.40. The summed E-state index contributed by atoms with van der Waals surface area (Å²) in [4.78, 5) is 4.04. The molecule has 5 heteroatoms. The monoisotopic (exact) mass is 280 g/mol. The molecule has 0 aliphatic heterocycles. The second-order valence-electron chi connectivity index (χ2n) is 4.26. The smallest absolute Gasteiger partial charge is 0.142 e. The Morgan fingerprint density at radius 2 is 2.16 bits per heavy atom. The molecule has 0 bridgehead atoms. The van der Waals surface area contributed by atoms with Crippen LogP contribution < -0.4 is 10.5 Å². The average molecular weight is 281 g/mol. The lowest BCUT2D eigenvalue weighted by molar-refractivity contribution is 0.180. The van der Waals surface area contributed by atoms with Gasteiger partial charge in [0.1, 0.15) is 17.7 Å². The maximum Gasteiger partial charge on any atom is 0.142 e. The molecule has 0 saturated carbocycles. The number of nitrogens with two attached hydrogens (primary N) is 1. The Balaban J connectivity index is 2.24. The highest BCUT2D eigenvalue weighted by Gasteiger charge is 2.18. The predicted octanol–water partition coefficient (Wildman–Crippen LogP) is 3.34. The van der Waals surface area contributed by atoms with Gasteiger partial charge in [-0.15, -0.1) is 0 Å². The van der Waals surface area contributed by atoms with Gasteiger partial charge >= 0.3 is 0 Å². The van der Waals surface area contributed by atoms with E-state index in [1.54, 1.807) is 12.4 Å². The molecular formula is C14H14ClFN2O. The molecule has 2 rings (SSSR count). The summed E-state index contributed by atoms with van der Waals surface area (Å²) in [6.45, 7) is 1.84. The van der Waals surface area contributed by atoms with E-state index >= 15 is 0 Å². The van der Waals surface area contributed by atoms with Crippen molar-refractivity contribution >= 4 is 11.6 Å². The van der Waals surface area contributed by atoms with Crippen molar-refractivity contribution in [3.8, 4) is 5.75 Å². The molecule has 100 valence electrons. The first-order chi connectivity index (χ1) is 9.08. The van der Waals surface area contributed by atoms with Gasteiger partial charge in [0.25, 0.3) is 0 Å². The second kappa shape index (κ2) is 5.99. The first kappa shape index (κ1) is 13.8. The van der Waals surface area contributed by atoms with Gasteiger partial charge in [-0.3, -0.25) is 4.98 Å². The van der Waals surface area contributed by atoms with Crippen LogP contribution in [0, 0.1) is 5.82 Å². The van der Waals surface area contributed by atoms with Crippen LogP contribution in [0.3, 0.4) is 0 Å². The molecule has 0 aliphatic carbocycles. The third kappa shape index (κ3) is 3.43. The van der Waals surface area contributed by atoms with Crippen molar-refractivity contribution in [2.45, 2.75) is 19.1 Å². The second-order valence-corrected chi connectivity index (χ2v) is 4.67. The van der Waals surface area contributed by atoms with E-state index in [-0.39, 0.29) is 17.2 Å². The van der Waals surface area contributed by atoms with Crippen LogP contribution in [0.2, 0.25) is 5.02 Å². The molecule has 1 aromatic carbocycles. The highest BCUT2D eigenvalue weighted by Crippen LogP contribution is 2.27. The summed E-state index contributed by atoms with van der Waals surface area (Å²) in [5, 5.41) is 0.0205. The molecule has 0 aliphatic rings. The van der Waals surface area contributed by atoms with Crippen molar-refractivity contribution in [3.63, 3.8) is 0 Å². The number of ether oxygens (including phenoxy) is 1. The summed E-state index contributed by atoms with van der Waals surface area (Å²) in [6, 6.07) is 7.67. The van der Waals surface area contributed by atoms with Gasteiger partial charge in [-0.25, -0.2) is 4.39 Å². The zero-order valence-electron chi connectivity index (χ0n) is 10.4. The number of hydrogen-bond acceptors (Lipinski definition) is 3. The number of rotatable bonds is 4. The Hall–Kier alpha value is -1.65. The minimum Gasteiger partial charge on any atom is -0.484 e. The highest BCUT2D eigenvalue weighted by atomic mass is 35.5. The Bertz CT molecular complexity index is 548. The normalized spacial score (nSPS) is 13.9. The molecule has 2 aromatic rings. The molecule has 0 saturated heterocycles. The van der Waals surface area contributed by atoms with Crippen molar-refractivity contribution < 1.29 is 9.13 Å². The molecule has 1 heterocycles. The fourth-order valence-corrected chi connectivity index (χ4v) is 1.89. The van der Waals surface area contributed by atoms with Gasteiger partial charge in [0, 0.05) is 30.1 Å². The zero-order valence-corrected chi connectivity index (χ0v) is 11.1. The van der Waals surface area contributed by atoms with E-state index in [9.17, 15) is 4.39 Å². The van der Waals surface area contributed by atoms with Gasteiger partial charge in [0.15, 0.2) is 0 Å². The predicted molar refractivity (Wildman–Crippen MR) is 72.7 cm³/mol. The molecule has 0 amide bonds. The maximum atomic E-state index is 13.1. The van der Waals surface area contributed by atoms with Crippen molar-refractivity contribution in [2.75, 3.05) is 0 Å². The van der Waals surface area contributed by atoms with E-state index in [1.807, 2.05) is 19.1 Å². The minimum atomic E-state index is -0.479. The number of aromatic nitrogens is 1. The van der Waals surface area contributed by atoms with E-state index in [2.05, 4.69) is 4.98 Å². The Morgan fingerprint density at radius 3 is 2.74 bits per heavy atom. The summed E-state index contributed by atoms with van der Waals surface area (Å²) in [7, 11) is 0. The largest absolute Gasteiger partial charge is 0.484 e. The van der Waals surface area contributed by atoms with Gasteiger partial charge in [-0.05, 0) is 25.1 Å². The van der Waals surface area contributed by atoms with Gasteiger partial charge in [-0.2, -0.15) is 0 Å². The topological polar surface area (TPSA) is 48.1 Å². The van der Waals surface area contributed by atoms with Gasteiger partial charge in [0.2, 0.25) is 0 Å². The van der Waals surface area contributed by atoms with E-state index in [1.165, 1.54) is 18.2 Å². The Morgan fingerprint density at radius 1 is 1.37 bits per heavy atom. The van der Waals surface area contributed by atoms with Crippen LogP contribution in [0.4, 0.5) is 4.39 Å². The lowest BCUT2D eigenvalue weighted by atomic mass is 10.1. The standard InChI is InChI=1S/C14H14ClFN2O/c1-9(17)14(10-3-2-6-18-8-10)19-11-4-5-13(16)12(15)7-11/h2-9,14H,17H2,1H3. The molecule has 3 nitrogen and oxygen atoms in total. The van der Waals surface area contributed by atoms with Crippen LogP contribution in [0.25, 0.3) is 0 Å². The fraction of sp³-hybridized carbons (Fsp3) is 0.214. The van der Waals surface area contributed by atoms with Crippen LogP contribution >= 0.6 is 11.6 Å². The van der Waals surface area contributed by atoms with Crippen LogP contribution in [-0.4, -0.2) is 11.0 Å². The number of nitrogens with zero attached hydrogens (tertiary/aromatic N) is 1. The number of benzene rings is 1. The van der Waals surface area contributed by atoms with E-state index in [0.29, 0.717) is 5.75 Å². The van der Waals surface area contributed by atoms with E-state index in [4.69, 9.17) is 22.1 Å². The molecule has 0 spiro atoms. The summed E-state index contributed by atoms with van der Waals surface area (Å²) >= 11 is 5.72. The maximum absolute atomic E-state index is 13.1. The SMILES string of the molecule is CC(N)C(Oc1ccc(F)c(Cl)c1)c1cccnc1. The quantitative estimate of drug-likeness (QED) is 0.934. The first-order valence-electron chi connectivity index (χ1n) is 5.85. The van der Waals surface area contributed by atoms with Gasteiger partial charge in [0.05, 0.1) is 5.02 Å². The van der Waals surface area contributed by atoms with Crippen LogP contribution in [-0.2, 0) is 0 Å². The first-order valence-corrected chi connectivity index (χ1v) is 6.23. The van der Waals surface area contributed by atoms with Crippen molar-refractivity contribution in [1.29, 1.82) is 0 Å². The van der Waals surface area contributed by atoms with Crippen LogP contribution in [0.15, 0.2) is 42.7 Å². The Kier molecular flexibility index (Phi) is 4.35. The van der Waals surface area contributed by atoms with Crippen molar-refractivity contribution in [2.24, 2.45) is 5.73 Å². The lowest BCUT2D eigenvalue weighted by Crippen LogP contribution is -2.29. The minimum absolute atomic E-state index is 0.0205. The van der Waals surface area contributed by atoms with Crippen molar-refractivity contribution in [1.82, 2.24) is 4.98 Å². The molecule has 2 N–H and O–H groups in total. The Labute approximate surface area is 116 Å². The van der Waals surface area contributed by atoms with Crippen LogP contribution in [0.5, 0.6) is 5.75 Å². The van der Waals surface area contributed by atoms with E-state index in [0.717, 1.165) is 5.56 Å². The van der Waals surface area contributed by atoms with Crippen LogP contribution in [0.1, 0.15) is 18.6 Å². The molecule has 0 radical (unpaired) electrons. The van der Waals surface area contributed by atoms with Gasteiger partial charge < -0.3 is 10.5 Å². The molecule has 19 heavy (non-hydrogen) atoms. The molecule has 1 aromatic heterocycles. The highest BCUT2D eigenvalue weighted by molar-refractivity contribution is 6.30.